The minimum Gasteiger partial charge on any atom is -0.480 e. The first-order valence-corrected chi connectivity index (χ1v) is 10.4. The number of rotatable bonds is 6. The molecule has 7 nitrogen and oxygen atoms in total. The van der Waals surface area contributed by atoms with Crippen LogP contribution in [-0.2, 0) is 11.3 Å². The zero-order valence-electron chi connectivity index (χ0n) is 16.8. The molecule has 0 saturated carbocycles. The summed E-state index contributed by atoms with van der Waals surface area (Å²) in [4.78, 5) is 25.7. The van der Waals surface area contributed by atoms with Crippen LogP contribution in [0.2, 0.25) is 0 Å². The van der Waals surface area contributed by atoms with Crippen molar-refractivity contribution >= 4 is 38.8 Å². The summed E-state index contributed by atoms with van der Waals surface area (Å²) in [5, 5.41) is 3.87. The number of fused-ring (bicyclic) bond motifs is 1. The van der Waals surface area contributed by atoms with Crippen LogP contribution in [0.3, 0.4) is 0 Å². The van der Waals surface area contributed by atoms with E-state index in [1.165, 1.54) is 24.2 Å². The summed E-state index contributed by atoms with van der Waals surface area (Å²) in [7, 11) is 3.16. The van der Waals surface area contributed by atoms with Gasteiger partial charge in [0.25, 0.3) is 5.91 Å². The summed E-state index contributed by atoms with van der Waals surface area (Å²) in [6.07, 6.45) is 2.36. The zero-order chi connectivity index (χ0) is 20.4. The summed E-state index contributed by atoms with van der Waals surface area (Å²) >= 11 is 1.35. The van der Waals surface area contributed by atoms with Crippen molar-refractivity contribution in [2.24, 2.45) is 0 Å². The Labute approximate surface area is 173 Å². The number of ether oxygens (including phenoxy) is 2. The molecule has 1 fully saturated rings. The fourth-order valence-electron chi connectivity index (χ4n) is 3.69. The number of thiophene rings is 1. The third kappa shape index (κ3) is 3.77. The molecule has 0 aliphatic carbocycles. The predicted octanol–water partition coefficient (Wildman–Crippen LogP) is 4.01. The summed E-state index contributed by atoms with van der Waals surface area (Å²) in [6.45, 7) is 4.23. The molecule has 29 heavy (non-hydrogen) atoms. The van der Waals surface area contributed by atoms with Crippen molar-refractivity contribution in [1.82, 2.24) is 9.97 Å². The maximum Gasteiger partial charge on any atom is 0.266 e. The van der Waals surface area contributed by atoms with Gasteiger partial charge >= 0.3 is 0 Å². The molecule has 1 aliphatic heterocycles. The van der Waals surface area contributed by atoms with Crippen molar-refractivity contribution in [3.63, 3.8) is 0 Å². The zero-order valence-corrected chi connectivity index (χ0v) is 17.6. The van der Waals surface area contributed by atoms with Crippen LogP contribution in [0.1, 0.15) is 33.9 Å². The highest BCUT2D eigenvalue weighted by Crippen LogP contribution is 2.36. The molecule has 1 aromatic carbocycles. The molecular formula is C21H24N4O3S. The fourth-order valence-corrected chi connectivity index (χ4v) is 4.78. The second kappa shape index (κ2) is 8.34. The van der Waals surface area contributed by atoms with Crippen LogP contribution >= 0.6 is 11.3 Å². The van der Waals surface area contributed by atoms with Crippen LogP contribution in [-0.4, -0.2) is 43.2 Å². The SMILES string of the molecule is COCc1nc(OC)c2c(C)c(C(=O)Nc3ccccc3N3CCCC3)sc2n1. The normalized spacial score (nSPS) is 13.8. The Bertz CT molecular complexity index is 1040. The first kappa shape index (κ1) is 19.6. The topological polar surface area (TPSA) is 76.6 Å². The number of hydrogen-bond donors (Lipinski definition) is 1. The van der Waals surface area contributed by atoms with Crippen molar-refractivity contribution in [3.05, 3.63) is 40.5 Å². The lowest BCUT2D eigenvalue weighted by Gasteiger charge is -2.21. The fraction of sp³-hybridized carbons (Fsp3) is 0.381. The van der Waals surface area contributed by atoms with Gasteiger partial charge in [-0.05, 0) is 37.5 Å². The monoisotopic (exact) mass is 412 g/mol. The van der Waals surface area contributed by atoms with Gasteiger partial charge in [-0.2, -0.15) is 4.98 Å². The van der Waals surface area contributed by atoms with E-state index in [0.29, 0.717) is 16.6 Å². The largest absolute Gasteiger partial charge is 0.480 e. The Morgan fingerprint density at radius 2 is 1.97 bits per heavy atom. The summed E-state index contributed by atoms with van der Waals surface area (Å²) in [5.74, 6) is 0.851. The van der Waals surface area contributed by atoms with Crippen molar-refractivity contribution in [1.29, 1.82) is 0 Å². The van der Waals surface area contributed by atoms with Crippen molar-refractivity contribution < 1.29 is 14.3 Å². The number of hydrogen-bond acceptors (Lipinski definition) is 7. The smallest absolute Gasteiger partial charge is 0.266 e. The number of nitrogens with one attached hydrogen (secondary N) is 1. The third-order valence-corrected chi connectivity index (χ3v) is 6.26. The Hall–Kier alpha value is -2.71. The van der Waals surface area contributed by atoms with Gasteiger partial charge in [0.2, 0.25) is 5.88 Å². The van der Waals surface area contributed by atoms with E-state index < -0.39 is 0 Å². The highest BCUT2D eigenvalue weighted by molar-refractivity contribution is 7.20. The Balaban J connectivity index is 1.68. The van der Waals surface area contributed by atoms with Crippen LogP contribution in [0.5, 0.6) is 5.88 Å². The molecule has 0 radical (unpaired) electrons. The lowest BCUT2D eigenvalue weighted by Crippen LogP contribution is -2.21. The third-order valence-electron chi connectivity index (χ3n) is 5.08. The Morgan fingerprint density at radius 1 is 1.21 bits per heavy atom. The number of methoxy groups -OCH3 is 2. The van der Waals surface area contributed by atoms with Crippen LogP contribution < -0.4 is 15.0 Å². The lowest BCUT2D eigenvalue weighted by molar-refractivity contribution is 0.103. The minimum absolute atomic E-state index is 0.146. The van der Waals surface area contributed by atoms with Gasteiger partial charge in [0.05, 0.1) is 28.7 Å². The number of para-hydroxylation sites is 2. The van der Waals surface area contributed by atoms with Crippen molar-refractivity contribution in [3.8, 4) is 5.88 Å². The molecule has 0 unspecified atom stereocenters. The summed E-state index contributed by atoms with van der Waals surface area (Å²) in [6, 6.07) is 7.96. The molecule has 152 valence electrons. The van der Waals surface area contributed by atoms with Gasteiger partial charge in [0, 0.05) is 20.2 Å². The standard InChI is InChI=1S/C21H24N4O3S/c1-13-17-20(28-3)23-16(12-27-2)24-21(17)29-18(13)19(26)22-14-8-4-5-9-15(14)25-10-6-7-11-25/h4-5,8-9H,6-7,10-12H2,1-3H3,(H,22,26). The average molecular weight is 413 g/mol. The number of carbonyl (C=O) groups is 1. The molecule has 1 saturated heterocycles. The molecule has 8 heteroatoms. The van der Waals surface area contributed by atoms with E-state index in [1.807, 2.05) is 25.1 Å². The minimum atomic E-state index is -0.146. The van der Waals surface area contributed by atoms with Crippen LogP contribution in [0, 0.1) is 6.92 Å². The lowest BCUT2D eigenvalue weighted by atomic mass is 10.2. The maximum atomic E-state index is 13.1. The number of amides is 1. The van der Waals surface area contributed by atoms with Crippen LogP contribution in [0.25, 0.3) is 10.2 Å². The van der Waals surface area contributed by atoms with Crippen LogP contribution in [0.4, 0.5) is 11.4 Å². The van der Waals surface area contributed by atoms with E-state index in [1.54, 1.807) is 14.2 Å². The van der Waals surface area contributed by atoms with Crippen molar-refractivity contribution in [2.45, 2.75) is 26.4 Å². The van der Waals surface area contributed by atoms with E-state index in [0.717, 1.165) is 40.2 Å². The molecule has 4 rings (SSSR count). The van der Waals surface area contributed by atoms with Crippen LogP contribution in [0.15, 0.2) is 24.3 Å². The Kier molecular flexibility index (Phi) is 5.64. The number of anilines is 2. The summed E-state index contributed by atoms with van der Waals surface area (Å²) < 4.78 is 10.6. The molecule has 1 N–H and O–H groups in total. The molecule has 2 aromatic heterocycles. The highest BCUT2D eigenvalue weighted by atomic mass is 32.1. The quantitative estimate of drug-likeness (QED) is 0.659. The predicted molar refractivity (Wildman–Crippen MR) is 115 cm³/mol. The molecule has 0 bridgehead atoms. The van der Waals surface area contributed by atoms with E-state index in [-0.39, 0.29) is 12.5 Å². The molecule has 0 atom stereocenters. The maximum absolute atomic E-state index is 13.1. The molecule has 1 aliphatic rings. The van der Waals surface area contributed by atoms with Gasteiger partial charge < -0.3 is 19.7 Å². The van der Waals surface area contributed by atoms with E-state index in [9.17, 15) is 4.79 Å². The number of aryl methyl sites for hydroxylation is 1. The van der Waals surface area contributed by atoms with Gasteiger partial charge in [-0.15, -0.1) is 11.3 Å². The average Bonchev–Trinajstić information content (AvgIpc) is 3.36. The number of carbonyl (C=O) groups excluding carboxylic acids is 1. The van der Waals surface area contributed by atoms with E-state index >= 15 is 0 Å². The van der Waals surface area contributed by atoms with E-state index in [2.05, 4.69) is 26.3 Å². The molecule has 3 aromatic rings. The van der Waals surface area contributed by atoms with E-state index in [4.69, 9.17) is 9.47 Å². The molecular weight excluding hydrogens is 388 g/mol. The second-order valence-corrected chi connectivity index (χ2v) is 7.98. The first-order valence-electron chi connectivity index (χ1n) is 9.60. The molecule has 3 heterocycles. The van der Waals surface area contributed by atoms with Crippen molar-refractivity contribution in [2.75, 3.05) is 37.5 Å². The van der Waals surface area contributed by atoms with Gasteiger partial charge in [0.1, 0.15) is 11.4 Å². The highest BCUT2D eigenvalue weighted by Gasteiger charge is 2.23. The first-order chi connectivity index (χ1) is 14.1. The van der Waals surface area contributed by atoms with Gasteiger partial charge in [-0.3, -0.25) is 4.79 Å². The second-order valence-electron chi connectivity index (χ2n) is 6.98. The number of aromatic nitrogens is 2. The van der Waals surface area contributed by atoms with Gasteiger partial charge in [0.15, 0.2) is 5.82 Å². The number of nitrogens with zero attached hydrogens (tertiary/aromatic N) is 3. The molecule has 0 spiro atoms. The number of benzene rings is 1. The Morgan fingerprint density at radius 3 is 2.69 bits per heavy atom. The molecule has 1 amide bonds. The van der Waals surface area contributed by atoms with Gasteiger partial charge in [-0.25, -0.2) is 4.98 Å². The van der Waals surface area contributed by atoms with Gasteiger partial charge in [-0.1, -0.05) is 12.1 Å². The summed E-state index contributed by atoms with van der Waals surface area (Å²) in [5.41, 5.74) is 2.72.